The van der Waals surface area contributed by atoms with E-state index in [1.165, 1.54) is 11.8 Å². The van der Waals surface area contributed by atoms with Gasteiger partial charge in [-0.3, -0.25) is 9.59 Å². The Hall–Kier alpha value is -3.06. The fourth-order valence-corrected chi connectivity index (χ4v) is 4.62. The van der Waals surface area contributed by atoms with Gasteiger partial charge in [0, 0.05) is 23.6 Å². The number of amides is 2. The molecule has 0 saturated carbocycles. The molecule has 0 spiro atoms. The number of thioether (sulfide) groups is 1. The van der Waals surface area contributed by atoms with Crippen LogP contribution in [0.2, 0.25) is 0 Å². The lowest BCUT2D eigenvalue weighted by Crippen LogP contribution is -2.35. The van der Waals surface area contributed by atoms with Crippen molar-refractivity contribution in [1.82, 2.24) is 15.1 Å². The molecule has 4 rings (SSSR count). The number of anilines is 1. The summed E-state index contributed by atoms with van der Waals surface area (Å²) in [5, 5.41) is 9.90. The van der Waals surface area contributed by atoms with E-state index < -0.39 is 5.25 Å². The van der Waals surface area contributed by atoms with Crippen LogP contribution in [-0.4, -0.2) is 33.4 Å². The summed E-state index contributed by atoms with van der Waals surface area (Å²) in [4.78, 5) is 25.6. The standard InChI is InChI=1S/C23H24N4O2S/c1-15-13-16(2)27(26-15)18-9-7-17(8-10-18)11-12-24-22(28)14-21-23(29)25-19-5-3-4-6-20(19)30-21/h3-10,13,21H,11-12,14H2,1-2H3,(H,24,28)(H,25,29). The monoisotopic (exact) mass is 420 g/mol. The third-order valence-corrected chi connectivity index (χ3v) is 6.28. The van der Waals surface area contributed by atoms with Gasteiger partial charge in [0.25, 0.3) is 0 Å². The Morgan fingerprint density at radius 3 is 2.67 bits per heavy atom. The Balaban J connectivity index is 1.27. The fourth-order valence-electron chi connectivity index (χ4n) is 3.51. The number of aromatic nitrogens is 2. The Morgan fingerprint density at radius 2 is 1.93 bits per heavy atom. The largest absolute Gasteiger partial charge is 0.356 e. The molecule has 2 amide bonds. The molecule has 2 N–H and O–H groups in total. The van der Waals surface area contributed by atoms with Crippen LogP contribution in [0, 0.1) is 13.8 Å². The van der Waals surface area contributed by atoms with Crippen molar-refractivity contribution in [3.63, 3.8) is 0 Å². The van der Waals surface area contributed by atoms with Crippen molar-refractivity contribution < 1.29 is 9.59 Å². The summed E-state index contributed by atoms with van der Waals surface area (Å²) >= 11 is 1.44. The summed E-state index contributed by atoms with van der Waals surface area (Å²) in [6, 6.07) is 17.9. The van der Waals surface area contributed by atoms with Crippen LogP contribution in [0.1, 0.15) is 23.4 Å². The predicted molar refractivity (Wildman–Crippen MR) is 119 cm³/mol. The highest BCUT2D eigenvalue weighted by Crippen LogP contribution is 2.36. The van der Waals surface area contributed by atoms with E-state index in [9.17, 15) is 9.59 Å². The molecule has 0 fully saturated rings. The van der Waals surface area contributed by atoms with Gasteiger partial charge in [-0.05, 0) is 56.2 Å². The van der Waals surface area contributed by atoms with Crippen molar-refractivity contribution in [2.45, 2.75) is 36.8 Å². The van der Waals surface area contributed by atoms with E-state index in [1.54, 1.807) is 0 Å². The minimum Gasteiger partial charge on any atom is -0.356 e. The number of fused-ring (bicyclic) bond motifs is 1. The van der Waals surface area contributed by atoms with Crippen molar-refractivity contribution >= 4 is 29.3 Å². The van der Waals surface area contributed by atoms with Gasteiger partial charge in [0.1, 0.15) is 0 Å². The molecule has 30 heavy (non-hydrogen) atoms. The van der Waals surface area contributed by atoms with E-state index in [0.29, 0.717) is 6.54 Å². The zero-order valence-corrected chi connectivity index (χ0v) is 17.8. The Kier molecular flexibility index (Phi) is 5.90. The molecule has 7 heteroatoms. The second-order valence-electron chi connectivity index (χ2n) is 7.40. The summed E-state index contributed by atoms with van der Waals surface area (Å²) in [5.74, 6) is -0.227. The van der Waals surface area contributed by atoms with E-state index in [0.717, 1.165) is 39.6 Å². The first-order valence-corrected chi connectivity index (χ1v) is 10.8. The van der Waals surface area contributed by atoms with Crippen LogP contribution in [0.3, 0.4) is 0 Å². The summed E-state index contributed by atoms with van der Waals surface area (Å²) < 4.78 is 1.92. The highest BCUT2D eigenvalue weighted by atomic mass is 32.2. The van der Waals surface area contributed by atoms with Gasteiger partial charge in [-0.1, -0.05) is 24.3 Å². The number of carbonyl (C=O) groups excluding carboxylic acids is 2. The van der Waals surface area contributed by atoms with Gasteiger partial charge < -0.3 is 10.6 Å². The van der Waals surface area contributed by atoms with Gasteiger partial charge >= 0.3 is 0 Å². The van der Waals surface area contributed by atoms with Crippen LogP contribution in [0.4, 0.5) is 5.69 Å². The molecule has 6 nitrogen and oxygen atoms in total. The second kappa shape index (κ2) is 8.75. The molecule has 1 unspecified atom stereocenters. The number of nitrogens with one attached hydrogen (secondary N) is 2. The summed E-state index contributed by atoms with van der Waals surface area (Å²) in [5.41, 5.74) is 5.06. The van der Waals surface area contributed by atoms with Crippen molar-refractivity contribution in [1.29, 1.82) is 0 Å². The van der Waals surface area contributed by atoms with Gasteiger partial charge in [-0.15, -0.1) is 11.8 Å². The molecule has 1 aliphatic rings. The molecule has 2 aromatic carbocycles. The maximum absolute atomic E-state index is 12.3. The third-order valence-electron chi connectivity index (χ3n) is 5.00. The van der Waals surface area contributed by atoms with E-state index in [1.807, 2.05) is 61.0 Å². The Bertz CT molecular complexity index is 1080. The van der Waals surface area contributed by atoms with Crippen LogP contribution in [-0.2, 0) is 16.0 Å². The molecule has 0 aliphatic carbocycles. The van der Waals surface area contributed by atoms with Crippen LogP contribution < -0.4 is 10.6 Å². The maximum atomic E-state index is 12.3. The number of benzene rings is 2. The quantitative estimate of drug-likeness (QED) is 0.638. The molecule has 2 heterocycles. The second-order valence-corrected chi connectivity index (χ2v) is 8.65. The molecule has 0 saturated heterocycles. The van der Waals surface area contributed by atoms with Gasteiger partial charge in [-0.25, -0.2) is 4.68 Å². The number of rotatable bonds is 6. The number of aryl methyl sites for hydroxylation is 2. The number of hydrogen-bond acceptors (Lipinski definition) is 4. The van der Waals surface area contributed by atoms with Gasteiger partial charge in [0.05, 0.1) is 22.3 Å². The van der Waals surface area contributed by atoms with Crippen molar-refractivity contribution in [3.8, 4) is 5.69 Å². The van der Waals surface area contributed by atoms with Crippen molar-refractivity contribution in [3.05, 3.63) is 71.5 Å². The van der Waals surface area contributed by atoms with E-state index in [2.05, 4.69) is 27.9 Å². The predicted octanol–water partition coefficient (Wildman–Crippen LogP) is 3.65. The minimum atomic E-state index is -0.403. The van der Waals surface area contributed by atoms with E-state index in [-0.39, 0.29) is 18.2 Å². The summed E-state index contributed by atoms with van der Waals surface area (Å²) in [6.45, 7) is 4.55. The third kappa shape index (κ3) is 4.57. The number of para-hydroxylation sites is 1. The normalized spacial score (nSPS) is 15.4. The van der Waals surface area contributed by atoms with E-state index in [4.69, 9.17) is 0 Å². The molecule has 1 atom stereocenters. The van der Waals surface area contributed by atoms with Crippen LogP contribution >= 0.6 is 11.8 Å². The van der Waals surface area contributed by atoms with Crippen molar-refractivity contribution in [2.24, 2.45) is 0 Å². The number of hydrogen-bond donors (Lipinski definition) is 2. The van der Waals surface area contributed by atoms with Gasteiger partial charge in [0.2, 0.25) is 11.8 Å². The first-order valence-electron chi connectivity index (χ1n) is 9.95. The van der Waals surface area contributed by atoms with Crippen molar-refractivity contribution in [2.75, 3.05) is 11.9 Å². The molecule has 3 aromatic rings. The fraction of sp³-hybridized carbons (Fsp3) is 0.261. The molecular weight excluding hydrogens is 396 g/mol. The highest BCUT2D eigenvalue weighted by Gasteiger charge is 2.28. The van der Waals surface area contributed by atoms with Gasteiger partial charge in [-0.2, -0.15) is 5.10 Å². The molecule has 0 radical (unpaired) electrons. The average molecular weight is 421 g/mol. The average Bonchev–Trinajstić information content (AvgIpc) is 3.07. The minimum absolute atomic E-state index is 0.110. The Morgan fingerprint density at radius 1 is 1.17 bits per heavy atom. The summed E-state index contributed by atoms with van der Waals surface area (Å²) in [7, 11) is 0. The van der Waals surface area contributed by atoms with E-state index >= 15 is 0 Å². The lowest BCUT2D eigenvalue weighted by Gasteiger charge is -2.23. The summed E-state index contributed by atoms with van der Waals surface area (Å²) in [6.07, 6.45) is 0.900. The first-order chi connectivity index (χ1) is 14.5. The van der Waals surface area contributed by atoms with Crippen LogP contribution in [0.15, 0.2) is 59.5 Å². The molecule has 0 bridgehead atoms. The molecule has 1 aromatic heterocycles. The highest BCUT2D eigenvalue weighted by molar-refractivity contribution is 8.01. The smallest absolute Gasteiger partial charge is 0.238 e. The van der Waals surface area contributed by atoms with Crippen LogP contribution in [0.5, 0.6) is 0 Å². The maximum Gasteiger partial charge on any atom is 0.238 e. The lowest BCUT2D eigenvalue weighted by atomic mass is 10.1. The zero-order valence-electron chi connectivity index (χ0n) is 17.0. The van der Waals surface area contributed by atoms with Crippen LogP contribution in [0.25, 0.3) is 5.69 Å². The molecule has 1 aliphatic heterocycles. The molecule has 154 valence electrons. The Labute approximate surface area is 180 Å². The zero-order chi connectivity index (χ0) is 21.1. The number of nitrogens with zero attached hydrogens (tertiary/aromatic N) is 2. The SMILES string of the molecule is Cc1cc(C)n(-c2ccc(CCNC(=O)CC3Sc4ccccc4NC3=O)cc2)n1. The topological polar surface area (TPSA) is 76.0 Å². The molecular formula is C23H24N4O2S. The first kappa shape index (κ1) is 20.2. The van der Waals surface area contributed by atoms with Gasteiger partial charge in [0.15, 0.2) is 0 Å². The lowest BCUT2D eigenvalue weighted by molar-refractivity contribution is -0.124. The number of carbonyl (C=O) groups is 2.